The Balaban J connectivity index is 1.85. The van der Waals surface area contributed by atoms with Crippen LogP contribution < -0.4 is 5.32 Å². The highest BCUT2D eigenvalue weighted by Crippen LogP contribution is 2.37. The van der Waals surface area contributed by atoms with Crippen LogP contribution in [0.25, 0.3) is 0 Å². The van der Waals surface area contributed by atoms with Crippen LogP contribution in [0.15, 0.2) is 30.3 Å². The molecule has 1 unspecified atom stereocenters. The number of thioether (sulfide) groups is 1. The SMILES string of the molecule is CC1(C)SCC(C(=O)NCCc2ccccc2)N1C=O. The highest BCUT2D eigenvalue weighted by atomic mass is 32.2. The summed E-state index contributed by atoms with van der Waals surface area (Å²) in [5.74, 6) is 0.592. The van der Waals surface area contributed by atoms with Crippen molar-refractivity contribution in [3.05, 3.63) is 35.9 Å². The number of rotatable bonds is 5. The second kappa shape index (κ2) is 6.31. The standard InChI is InChI=1S/C15H20N2O2S/c1-15(2)17(11-18)13(10-20-15)14(19)16-9-8-12-6-4-3-5-7-12/h3-7,11,13H,8-10H2,1-2H3,(H,16,19). The van der Waals surface area contributed by atoms with Crippen molar-refractivity contribution in [2.75, 3.05) is 12.3 Å². The summed E-state index contributed by atoms with van der Waals surface area (Å²) in [6.07, 6.45) is 1.58. The normalized spacial score (nSPS) is 20.7. The fourth-order valence-corrected chi connectivity index (χ4v) is 3.50. The molecule has 108 valence electrons. The number of benzene rings is 1. The van der Waals surface area contributed by atoms with Crippen LogP contribution in [0.1, 0.15) is 19.4 Å². The Hall–Kier alpha value is -1.49. The Bertz CT molecular complexity index is 476. The number of hydrogen-bond acceptors (Lipinski definition) is 3. The monoisotopic (exact) mass is 292 g/mol. The van der Waals surface area contributed by atoms with Gasteiger partial charge in [-0.25, -0.2) is 0 Å². The van der Waals surface area contributed by atoms with Gasteiger partial charge in [0.1, 0.15) is 6.04 Å². The van der Waals surface area contributed by atoms with Crippen LogP contribution in [0.5, 0.6) is 0 Å². The van der Waals surface area contributed by atoms with E-state index in [2.05, 4.69) is 5.32 Å². The smallest absolute Gasteiger partial charge is 0.243 e. The van der Waals surface area contributed by atoms with Gasteiger partial charge in [-0.15, -0.1) is 11.8 Å². The minimum absolute atomic E-state index is 0.0638. The summed E-state index contributed by atoms with van der Waals surface area (Å²) in [7, 11) is 0. The maximum absolute atomic E-state index is 12.2. The van der Waals surface area contributed by atoms with Crippen molar-refractivity contribution in [3.63, 3.8) is 0 Å². The van der Waals surface area contributed by atoms with E-state index in [4.69, 9.17) is 0 Å². The third kappa shape index (κ3) is 3.33. The first-order valence-corrected chi connectivity index (χ1v) is 7.72. The van der Waals surface area contributed by atoms with Crippen LogP contribution in [0, 0.1) is 0 Å². The first-order valence-electron chi connectivity index (χ1n) is 6.74. The number of nitrogens with zero attached hydrogens (tertiary/aromatic N) is 1. The Morgan fingerprint density at radius 3 is 2.80 bits per heavy atom. The maximum Gasteiger partial charge on any atom is 0.243 e. The van der Waals surface area contributed by atoms with Gasteiger partial charge >= 0.3 is 0 Å². The van der Waals surface area contributed by atoms with Gasteiger partial charge in [0.15, 0.2) is 0 Å². The molecule has 0 spiro atoms. The molecule has 5 heteroatoms. The minimum Gasteiger partial charge on any atom is -0.354 e. The molecule has 1 aliphatic heterocycles. The number of carbonyl (C=O) groups excluding carboxylic acids is 2. The van der Waals surface area contributed by atoms with E-state index in [0.29, 0.717) is 12.3 Å². The van der Waals surface area contributed by atoms with Crippen LogP contribution >= 0.6 is 11.8 Å². The second-order valence-electron chi connectivity index (χ2n) is 5.31. The molecule has 2 rings (SSSR count). The molecule has 0 radical (unpaired) electrons. The summed E-state index contributed by atoms with van der Waals surface area (Å²) in [5.41, 5.74) is 1.20. The molecule has 1 heterocycles. The molecule has 0 aromatic heterocycles. The van der Waals surface area contributed by atoms with Gasteiger partial charge in [-0.3, -0.25) is 9.59 Å². The molecular formula is C15H20N2O2S. The van der Waals surface area contributed by atoms with Crippen LogP contribution in [-0.4, -0.2) is 40.4 Å². The van der Waals surface area contributed by atoms with Gasteiger partial charge in [0.25, 0.3) is 0 Å². The molecule has 1 saturated heterocycles. The van der Waals surface area contributed by atoms with Crippen LogP contribution in [-0.2, 0) is 16.0 Å². The van der Waals surface area contributed by atoms with E-state index in [1.54, 1.807) is 16.7 Å². The average molecular weight is 292 g/mol. The van der Waals surface area contributed by atoms with Crippen molar-refractivity contribution < 1.29 is 9.59 Å². The summed E-state index contributed by atoms with van der Waals surface area (Å²) >= 11 is 1.63. The molecule has 1 N–H and O–H groups in total. The molecule has 1 aromatic rings. The van der Waals surface area contributed by atoms with E-state index in [0.717, 1.165) is 12.8 Å². The third-order valence-corrected chi connectivity index (χ3v) is 4.92. The quantitative estimate of drug-likeness (QED) is 0.840. The lowest BCUT2D eigenvalue weighted by Crippen LogP contribution is -2.49. The first-order chi connectivity index (χ1) is 9.54. The molecule has 1 aliphatic rings. The number of amides is 2. The van der Waals surface area contributed by atoms with Crippen LogP contribution in [0.4, 0.5) is 0 Å². The number of nitrogens with one attached hydrogen (secondary N) is 1. The molecular weight excluding hydrogens is 272 g/mol. The van der Waals surface area contributed by atoms with Crippen molar-refractivity contribution in [2.24, 2.45) is 0 Å². The highest BCUT2D eigenvalue weighted by molar-refractivity contribution is 8.00. The summed E-state index contributed by atoms with van der Waals surface area (Å²) in [4.78, 5) is 24.6. The van der Waals surface area contributed by atoms with Gasteiger partial charge in [0.2, 0.25) is 12.3 Å². The van der Waals surface area contributed by atoms with E-state index in [1.807, 2.05) is 44.2 Å². The third-order valence-electron chi connectivity index (χ3n) is 3.52. The Labute approximate surface area is 123 Å². The number of carbonyl (C=O) groups is 2. The summed E-state index contributed by atoms with van der Waals surface area (Å²) in [6, 6.07) is 9.67. The molecule has 0 bridgehead atoms. The molecule has 0 saturated carbocycles. The predicted octanol–water partition coefficient (Wildman–Crippen LogP) is 1.66. The molecule has 2 amide bonds. The molecule has 1 fully saturated rings. The van der Waals surface area contributed by atoms with Crippen molar-refractivity contribution in [2.45, 2.75) is 31.2 Å². The lowest BCUT2D eigenvalue weighted by Gasteiger charge is -2.30. The van der Waals surface area contributed by atoms with Gasteiger partial charge in [0, 0.05) is 12.3 Å². The average Bonchev–Trinajstić information content (AvgIpc) is 2.74. The van der Waals surface area contributed by atoms with E-state index >= 15 is 0 Å². The van der Waals surface area contributed by atoms with Crippen LogP contribution in [0.2, 0.25) is 0 Å². The Kier molecular flexibility index (Phi) is 4.70. The topological polar surface area (TPSA) is 49.4 Å². The molecule has 0 aliphatic carbocycles. The Morgan fingerprint density at radius 1 is 1.45 bits per heavy atom. The zero-order valence-electron chi connectivity index (χ0n) is 11.8. The highest BCUT2D eigenvalue weighted by Gasteiger charge is 2.42. The largest absolute Gasteiger partial charge is 0.354 e. The molecule has 1 atom stereocenters. The van der Waals surface area contributed by atoms with Gasteiger partial charge in [-0.05, 0) is 25.8 Å². The van der Waals surface area contributed by atoms with E-state index in [1.165, 1.54) is 5.56 Å². The van der Waals surface area contributed by atoms with Gasteiger partial charge < -0.3 is 10.2 Å². The summed E-state index contributed by atoms with van der Waals surface area (Å²) < 4.78 is 0. The van der Waals surface area contributed by atoms with Crippen molar-refractivity contribution in [3.8, 4) is 0 Å². The predicted molar refractivity (Wildman–Crippen MR) is 81.4 cm³/mol. The van der Waals surface area contributed by atoms with E-state index in [9.17, 15) is 9.59 Å². The molecule has 4 nitrogen and oxygen atoms in total. The van der Waals surface area contributed by atoms with Crippen molar-refractivity contribution in [1.82, 2.24) is 10.2 Å². The zero-order valence-corrected chi connectivity index (χ0v) is 12.7. The van der Waals surface area contributed by atoms with E-state index < -0.39 is 0 Å². The molecule has 1 aromatic carbocycles. The van der Waals surface area contributed by atoms with Gasteiger partial charge in [0.05, 0.1) is 4.87 Å². The minimum atomic E-state index is -0.358. The van der Waals surface area contributed by atoms with Gasteiger partial charge in [-0.2, -0.15) is 0 Å². The van der Waals surface area contributed by atoms with Crippen LogP contribution in [0.3, 0.4) is 0 Å². The lowest BCUT2D eigenvalue weighted by atomic mass is 10.1. The summed E-state index contributed by atoms with van der Waals surface area (Å²) in [5, 5.41) is 2.92. The maximum atomic E-state index is 12.2. The fourth-order valence-electron chi connectivity index (χ4n) is 2.31. The number of hydrogen-bond donors (Lipinski definition) is 1. The lowest BCUT2D eigenvalue weighted by molar-refractivity contribution is -0.133. The van der Waals surface area contributed by atoms with Gasteiger partial charge in [-0.1, -0.05) is 30.3 Å². The zero-order chi connectivity index (χ0) is 14.6. The van der Waals surface area contributed by atoms with Crippen molar-refractivity contribution >= 4 is 24.1 Å². The van der Waals surface area contributed by atoms with E-state index in [-0.39, 0.29) is 16.8 Å². The molecule has 20 heavy (non-hydrogen) atoms. The fraction of sp³-hybridized carbons (Fsp3) is 0.467. The summed E-state index contributed by atoms with van der Waals surface area (Å²) in [6.45, 7) is 4.52. The first kappa shape index (κ1) is 14.9. The second-order valence-corrected chi connectivity index (χ2v) is 6.93. The Morgan fingerprint density at radius 2 is 2.15 bits per heavy atom. The van der Waals surface area contributed by atoms with Crippen molar-refractivity contribution in [1.29, 1.82) is 0 Å².